The largest absolute Gasteiger partial charge is 0.122 e. The van der Waals surface area contributed by atoms with E-state index in [0.29, 0.717) is 17.6 Å². The van der Waals surface area contributed by atoms with Crippen molar-refractivity contribution in [3.05, 3.63) is 33.4 Å². The van der Waals surface area contributed by atoms with Gasteiger partial charge in [-0.2, -0.15) is 0 Å². The molecular formula is C21H33Cl3. The fraction of sp³-hybridized carbons (Fsp3) is 0.714. The summed E-state index contributed by atoms with van der Waals surface area (Å²) in [5, 5.41) is 0. The van der Waals surface area contributed by atoms with E-state index in [2.05, 4.69) is 20.8 Å². The molecule has 0 amide bonds. The molecule has 0 aliphatic rings. The Morgan fingerprint density at radius 2 is 0.708 bits per heavy atom. The van der Waals surface area contributed by atoms with E-state index in [1.807, 2.05) is 0 Å². The summed E-state index contributed by atoms with van der Waals surface area (Å²) in [5.41, 5.74) is 8.24. The Morgan fingerprint density at radius 1 is 0.458 bits per heavy atom. The molecule has 0 aliphatic heterocycles. The Kier molecular flexibility index (Phi) is 11.5. The molecule has 0 spiro atoms. The van der Waals surface area contributed by atoms with Gasteiger partial charge in [-0.3, -0.25) is 0 Å². The van der Waals surface area contributed by atoms with Crippen LogP contribution in [-0.2, 0) is 36.9 Å². The summed E-state index contributed by atoms with van der Waals surface area (Å²) in [4.78, 5) is 0. The summed E-state index contributed by atoms with van der Waals surface area (Å²) in [6.45, 7) is 6.72. The van der Waals surface area contributed by atoms with E-state index in [1.165, 1.54) is 71.9 Å². The summed E-state index contributed by atoms with van der Waals surface area (Å²) in [6.07, 6.45) is 10.4. The van der Waals surface area contributed by atoms with Gasteiger partial charge in [0.15, 0.2) is 0 Å². The second-order valence-electron chi connectivity index (χ2n) is 6.58. The first kappa shape index (κ1) is 22.1. The van der Waals surface area contributed by atoms with Crippen LogP contribution in [0.25, 0.3) is 0 Å². The van der Waals surface area contributed by atoms with E-state index in [1.54, 1.807) is 0 Å². The van der Waals surface area contributed by atoms with Crippen LogP contribution in [0.4, 0.5) is 0 Å². The topological polar surface area (TPSA) is 0 Å². The van der Waals surface area contributed by atoms with Gasteiger partial charge in [-0.15, -0.1) is 34.8 Å². The molecule has 0 N–H and O–H groups in total. The third-order valence-corrected chi connectivity index (χ3v) is 5.73. The normalized spacial score (nSPS) is 11.2. The zero-order chi connectivity index (χ0) is 17.9. The van der Waals surface area contributed by atoms with Crippen LogP contribution in [-0.4, -0.2) is 0 Å². The molecule has 0 aromatic heterocycles. The molecule has 1 aromatic carbocycles. The van der Waals surface area contributed by atoms with Crippen LogP contribution in [0, 0.1) is 0 Å². The van der Waals surface area contributed by atoms with Crippen molar-refractivity contribution in [2.75, 3.05) is 0 Å². The average Bonchev–Trinajstić information content (AvgIpc) is 2.61. The van der Waals surface area contributed by atoms with Crippen molar-refractivity contribution in [2.45, 2.75) is 96.2 Å². The summed E-state index contributed by atoms with van der Waals surface area (Å²) >= 11 is 19.3. The summed E-state index contributed by atoms with van der Waals surface area (Å²) < 4.78 is 0. The average molecular weight is 392 g/mol. The number of rotatable bonds is 12. The van der Waals surface area contributed by atoms with Gasteiger partial charge in [0.05, 0.1) is 0 Å². The fourth-order valence-electron chi connectivity index (χ4n) is 3.54. The Morgan fingerprint density at radius 3 is 0.875 bits per heavy atom. The first-order valence-electron chi connectivity index (χ1n) is 9.54. The van der Waals surface area contributed by atoms with Gasteiger partial charge in [0.2, 0.25) is 0 Å². The van der Waals surface area contributed by atoms with Crippen LogP contribution in [0.15, 0.2) is 0 Å². The molecule has 0 atom stereocenters. The maximum Gasteiger partial charge on any atom is 0.0479 e. The lowest BCUT2D eigenvalue weighted by atomic mass is 9.83. The van der Waals surface area contributed by atoms with Crippen molar-refractivity contribution >= 4 is 34.8 Å². The smallest absolute Gasteiger partial charge is 0.0479 e. The van der Waals surface area contributed by atoms with Gasteiger partial charge in [-0.1, -0.05) is 40.0 Å². The lowest BCUT2D eigenvalue weighted by Crippen LogP contribution is -2.12. The van der Waals surface area contributed by atoms with Crippen molar-refractivity contribution in [2.24, 2.45) is 0 Å². The van der Waals surface area contributed by atoms with Crippen LogP contribution in [0.2, 0.25) is 0 Å². The van der Waals surface area contributed by atoms with E-state index in [-0.39, 0.29) is 0 Å². The van der Waals surface area contributed by atoms with Gasteiger partial charge in [0, 0.05) is 17.6 Å². The zero-order valence-electron chi connectivity index (χ0n) is 15.6. The van der Waals surface area contributed by atoms with Gasteiger partial charge in [-0.25, -0.2) is 0 Å². The van der Waals surface area contributed by atoms with Crippen LogP contribution >= 0.6 is 34.8 Å². The Bertz CT molecular complexity index is 402. The van der Waals surface area contributed by atoms with E-state index in [4.69, 9.17) is 34.8 Å². The van der Waals surface area contributed by atoms with Gasteiger partial charge >= 0.3 is 0 Å². The number of hydrogen-bond acceptors (Lipinski definition) is 0. The molecule has 0 bridgehead atoms. The van der Waals surface area contributed by atoms with E-state index < -0.39 is 0 Å². The number of hydrogen-bond donors (Lipinski definition) is 0. The van der Waals surface area contributed by atoms with Crippen molar-refractivity contribution in [1.29, 1.82) is 0 Å². The van der Waals surface area contributed by atoms with E-state index in [9.17, 15) is 0 Å². The van der Waals surface area contributed by atoms with Gasteiger partial charge in [0.25, 0.3) is 0 Å². The third-order valence-electron chi connectivity index (χ3n) is 4.93. The minimum absolute atomic E-state index is 0.569. The van der Waals surface area contributed by atoms with Gasteiger partial charge < -0.3 is 0 Å². The highest BCUT2D eigenvalue weighted by molar-refractivity contribution is 6.19. The second-order valence-corrected chi connectivity index (χ2v) is 7.38. The molecular weight excluding hydrogens is 359 g/mol. The summed E-state index contributed by atoms with van der Waals surface area (Å²) in [6, 6.07) is 0. The predicted octanol–water partition coefficient (Wildman–Crippen LogP) is 7.93. The monoisotopic (exact) mass is 390 g/mol. The number of halogens is 3. The minimum atomic E-state index is 0.569. The van der Waals surface area contributed by atoms with Crippen molar-refractivity contribution in [3.63, 3.8) is 0 Å². The quantitative estimate of drug-likeness (QED) is 0.317. The van der Waals surface area contributed by atoms with E-state index in [0.717, 1.165) is 19.3 Å². The lowest BCUT2D eigenvalue weighted by Gasteiger charge is -2.25. The van der Waals surface area contributed by atoms with Crippen LogP contribution in [0.1, 0.15) is 92.7 Å². The molecule has 0 heterocycles. The van der Waals surface area contributed by atoms with Crippen molar-refractivity contribution < 1.29 is 0 Å². The van der Waals surface area contributed by atoms with Gasteiger partial charge in [-0.05, 0) is 71.9 Å². The van der Waals surface area contributed by atoms with Crippen LogP contribution in [0.5, 0.6) is 0 Å². The maximum absolute atomic E-state index is 6.42. The molecule has 0 aliphatic carbocycles. The number of benzene rings is 1. The molecule has 1 aromatic rings. The Hall–Kier alpha value is 0.0900. The lowest BCUT2D eigenvalue weighted by molar-refractivity contribution is 0.743. The van der Waals surface area contributed by atoms with Crippen LogP contribution in [0.3, 0.4) is 0 Å². The molecule has 0 radical (unpaired) electrons. The predicted molar refractivity (Wildman–Crippen MR) is 111 cm³/mol. The maximum atomic E-state index is 6.42. The molecule has 1 rings (SSSR count). The molecule has 0 saturated carbocycles. The molecule has 0 fully saturated rings. The highest BCUT2D eigenvalue weighted by Crippen LogP contribution is 2.35. The van der Waals surface area contributed by atoms with E-state index >= 15 is 0 Å². The molecule has 0 unspecified atom stereocenters. The van der Waals surface area contributed by atoms with Crippen molar-refractivity contribution in [3.8, 4) is 0 Å². The first-order valence-corrected chi connectivity index (χ1v) is 11.1. The summed E-state index contributed by atoms with van der Waals surface area (Å²) in [7, 11) is 0. The zero-order valence-corrected chi connectivity index (χ0v) is 17.9. The Balaban J connectivity index is 3.57. The van der Waals surface area contributed by atoms with Crippen LogP contribution < -0.4 is 0 Å². The first-order chi connectivity index (χ1) is 11.7. The second kappa shape index (κ2) is 12.4. The molecule has 24 heavy (non-hydrogen) atoms. The molecule has 0 saturated heterocycles. The highest BCUT2D eigenvalue weighted by atomic mass is 35.5. The molecule has 3 heteroatoms. The number of unbranched alkanes of at least 4 members (excludes halogenated alkanes) is 3. The highest BCUT2D eigenvalue weighted by Gasteiger charge is 2.21. The third kappa shape index (κ3) is 5.55. The fourth-order valence-corrected chi connectivity index (χ4v) is 4.51. The summed E-state index contributed by atoms with van der Waals surface area (Å²) in [5.74, 6) is 1.71. The Labute approximate surface area is 164 Å². The molecule has 138 valence electrons. The SMILES string of the molecule is CCCCc1c(CCl)c(CCCC)c(CCl)c(CCCC)c1CCl. The van der Waals surface area contributed by atoms with Gasteiger partial charge in [0.1, 0.15) is 0 Å². The standard InChI is InChI=1S/C21H33Cl3/c1-4-7-10-16-19(13-22)17(11-8-5-2)21(15-24)18(12-9-6-3)20(16)14-23/h4-15H2,1-3H3. The number of alkyl halides is 3. The minimum Gasteiger partial charge on any atom is -0.122 e. The molecule has 0 nitrogen and oxygen atoms in total. The van der Waals surface area contributed by atoms with Crippen molar-refractivity contribution in [1.82, 2.24) is 0 Å².